The minimum Gasteiger partial charge on any atom is -0.393 e. The molecule has 1 aromatic heterocycles. The lowest BCUT2D eigenvalue weighted by atomic mass is 9.86. The number of carbonyl (C=O) groups excluding carboxylic acids is 1. The standard InChI is InChI=1S/C17H29N3O2/c1-5-20-15(10-14(18-20)12(2)3)17(22)19(4)11-13-8-6-7-9-16(13)21/h10,12-13,16,21H,5-9,11H2,1-4H3. The Hall–Kier alpha value is -1.36. The molecule has 0 spiro atoms. The Labute approximate surface area is 133 Å². The number of aromatic nitrogens is 2. The van der Waals surface area contributed by atoms with Gasteiger partial charge < -0.3 is 10.0 Å². The minimum absolute atomic E-state index is 0.000904. The molecule has 1 amide bonds. The van der Waals surface area contributed by atoms with Gasteiger partial charge in [0.25, 0.3) is 5.91 Å². The molecule has 1 aliphatic rings. The molecule has 124 valence electrons. The van der Waals surface area contributed by atoms with Crippen LogP contribution in [0, 0.1) is 5.92 Å². The average molecular weight is 307 g/mol. The summed E-state index contributed by atoms with van der Waals surface area (Å²) in [4.78, 5) is 14.5. The van der Waals surface area contributed by atoms with E-state index in [1.54, 1.807) is 9.58 Å². The number of aliphatic hydroxyl groups is 1. The van der Waals surface area contributed by atoms with E-state index in [-0.39, 0.29) is 17.9 Å². The molecule has 0 bridgehead atoms. The van der Waals surface area contributed by atoms with Crippen LogP contribution in [-0.4, -0.2) is 45.4 Å². The SMILES string of the molecule is CCn1nc(C(C)C)cc1C(=O)N(C)CC1CCCCC1O. The molecule has 0 radical (unpaired) electrons. The zero-order chi connectivity index (χ0) is 16.3. The molecule has 1 aromatic rings. The van der Waals surface area contributed by atoms with E-state index in [2.05, 4.69) is 18.9 Å². The van der Waals surface area contributed by atoms with Crippen LogP contribution in [-0.2, 0) is 6.54 Å². The molecule has 5 heteroatoms. The highest BCUT2D eigenvalue weighted by molar-refractivity contribution is 5.92. The van der Waals surface area contributed by atoms with E-state index < -0.39 is 0 Å². The van der Waals surface area contributed by atoms with Crippen LogP contribution in [0.4, 0.5) is 0 Å². The Bertz CT molecular complexity index is 510. The lowest BCUT2D eigenvalue weighted by molar-refractivity contribution is 0.0446. The van der Waals surface area contributed by atoms with Crippen molar-refractivity contribution in [3.05, 3.63) is 17.5 Å². The van der Waals surface area contributed by atoms with E-state index in [0.717, 1.165) is 31.4 Å². The molecule has 5 nitrogen and oxygen atoms in total. The Morgan fingerprint density at radius 2 is 2.14 bits per heavy atom. The highest BCUT2D eigenvalue weighted by Crippen LogP contribution is 2.25. The topological polar surface area (TPSA) is 58.4 Å². The molecule has 1 N–H and O–H groups in total. The van der Waals surface area contributed by atoms with Gasteiger partial charge in [-0.05, 0) is 31.7 Å². The fourth-order valence-electron chi connectivity index (χ4n) is 3.16. The summed E-state index contributed by atoms with van der Waals surface area (Å²) >= 11 is 0. The van der Waals surface area contributed by atoms with Gasteiger partial charge in [0, 0.05) is 26.1 Å². The summed E-state index contributed by atoms with van der Waals surface area (Å²) in [5, 5.41) is 14.6. The maximum atomic E-state index is 12.7. The number of rotatable bonds is 5. The van der Waals surface area contributed by atoms with Crippen molar-refractivity contribution in [3.63, 3.8) is 0 Å². The van der Waals surface area contributed by atoms with Crippen LogP contribution in [0.3, 0.4) is 0 Å². The summed E-state index contributed by atoms with van der Waals surface area (Å²) in [7, 11) is 1.83. The van der Waals surface area contributed by atoms with Crippen LogP contribution in [0.15, 0.2) is 6.07 Å². The maximum absolute atomic E-state index is 12.7. The number of nitrogens with zero attached hydrogens (tertiary/aromatic N) is 3. The second-order valence-corrected chi connectivity index (χ2v) is 6.72. The summed E-state index contributed by atoms with van der Waals surface area (Å²) in [6.07, 6.45) is 3.83. The van der Waals surface area contributed by atoms with Crippen molar-refractivity contribution in [1.82, 2.24) is 14.7 Å². The third kappa shape index (κ3) is 3.69. The zero-order valence-electron chi connectivity index (χ0n) is 14.2. The summed E-state index contributed by atoms with van der Waals surface area (Å²) in [5.41, 5.74) is 1.61. The van der Waals surface area contributed by atoms with Gasteiger partial charge in [-0.1, -0.05) is 26.7 Å². The fraction of sp³-hybridized carbons (Fsp3) is 0.765. The lowest BCUT2D eigenvalue weighted by Gasteiger charge is -2.31. The van der Waals surface area contributed by atoms with E-state index in [1.807, 2.05) is 20.0 Å². The smallest absolute Gasteiger partial charge is 0.271 e. The van der Waals surface area contributed by atoms with Gasteiger partial charge >= 0.3 is 0 Å². The Morgan fingerprint density at radius 1 is 1.45 bits per heavy atom. The summed E-state index contributed by atoms with van der Waals surface area (Å²) in [5.74, 6) is 0.508. The number of aliphatic hydroxyl groups excluding tert-OH is 1. The third-order valence-electron chi connectivity index (χ3n) is 4.63. The van der Waals surface area contributed by atoms with Gasteiger partial charge in [0.05, 0.1) is 11.8 Å². The fourth-order valence-corrected chi connectivity index (χ4v) is 3.16. The number of aryl methyl sites for hydroxylation is 1. The van der Waals surface area contributed by atoms with Crippen molar-refractivity contribution in [3.8, 4) is 0 Å². The van der Waals surface area contributed by atoms with Gasteiger partial charge in [-0.15, -0.1) is 0 Å². The summed E-state index contributed by atoms with van der Waals surface area (Å²) in [6.45, 7) is 7.47. The van der Waals surface area contributed by atoms with E-state index in [4.69, 9.17) is 0 Å². The number of amides is 1. The predicted molar refractivity (Wildman–Crippen MR) is 86.9 cm³/mol. The molecule has 1 saturated carbocycles. The molecule has 1 aliphatic carbocycles. The van der Waals surface area contributed by atoms with Crippen LogP contribution in [0.2, 0.25) is 0 Å². The first-order valence-electron chi connectivity index (χ1n) is 8.45. The Kier molecular flexibility index (Phi) is 5.62. The number of hydrogen-bond acceptors (Lipinski definition) is 3. The quantitative estimate of drug-likeness (QED) is 0.910. The van der Waals surface area contributed by atoms with Crippen molar-refractivity contribution in [2.75, 3.05) is 13.6 Å². The Morgan fingerprint density at radius 3 is 2.73 bits per heavy atom. The molecule has 2 unspecified atom stereocenters. The molecule has 0 aliphatic heterocycles. The summed E-state index contributed by atoms with van der Waals surface area (Å²) in [6, 6.07) is 1.91. The first kappa shape index (κ1) is 17.0. The van der Waals surface area contributed by atoms with E-state index in [9.17, 15) is 9.90 Å². The molecule has 22 heavy (non-hydrogen) atoms. The lowest BCUT2D eigenvalue weighted by Crippen LogP contribution is -2.38. The number of hydrogen-bond donors (Lipinski definition) is 1. The van der Waals surface area contributed by atoms with Crippen LogP contribution in [0.25, 0.3) is 0 Å². The molecule has 2 rings (SSSR count). The molecule has 0 saturated heterocycles. The third-order valence-corrected chi connectivity index (χ3v) is 4.63. The number of carbonyl (C=O) groups is 1. The van der Waals surface area contributed by atoms with Crippen molar-refractivity contribution >= 4 is 5.91 Å². The van der Waals surface area contributed by atoms with Crippen molar-refractivity contribution < 1.29 is 9.90 Å². The van der Waals surface area contributed by atoms with Gasteiger partial charge in [-0.25, -0.2) is 0 Å². The molecule has 1 fully saturated rings. The van der Waals surface area contributed by atoms with Crippen LogP contribution in [0.1, 0.15) is 68.6 Å². The normalized spacial score (nSPS) is 22.1. The largest absolute Gasteiger partial charge is 0.393 e. The second-order valence-electron chi connectivity index (χ2n) is 6.72. The molecular formula is C17H29N3O2. The van der Waals surface area contributed by atoms with E-state index in [0.29, 0.717) is 24.7 Å². The van der Waals surface area contributed by atoms with Gasteiger partial charge in [0.15, 0.2) is 0 Å². The predicted octanol–water partition coefficient (Wildman–Crippen LogP) is 2.65. The van der Waals surface area contributed by atoms with Crippen LogP contribution < -0.4 is 0 Å². The van der Waals surface area contributed by atoms with Gasteiger partial charge in [-0.2, -0.15) is 5.10 Å². The van der Waals surface area contributed by atoms with Gasteiger partial charge in [0.1, 0.15) is 5.69 Å². The van der Waals surface area contributed by atoms with Gasteiger partial charge in [-0.3, -0.25) is 9.48 Å². The van der Waals surface area contributed by atoms with Gasteiger partial charge in [0.2, 0.25) is 0 Å². The van der Waals surface area contributed by atoms with Crippen molar-refractivity contribution in [2.24, 2.45) is 5.92 Å². The van der Waals surface area contributed by atoms with Crippen molar-refractivity contribution in [1.29, 1.82) is 0 Å². The molecular weight excluding hydrogens is 278 g/mol. The van der Waals surface area contributed by atoms with E-state index >= 15 is 0 Å². The van der Waals surface area contributed by atoms with Crippen LogP contribution in [0.5, 0.6) is 0 Å². The average Bonchev–Trinajstić information content (AvgIpc) is 2.93. The first-order valence-corrected chi connectivity index (χ1v) is 8.45. The minimum atomic E-state index is -0.272. The Balaban J connectivity index is 2.09. The summed E-state index contributed by atoms with van der Waals surface area (Å²) < 4.78 is 1.78. The van der Waals surface area contributed by atoms with Crippen LogP contribution >= 0.6 is 0 Å². The van der Waals surface area contributed by atoms with Crippen molar-refractivity contribution in [2.45, 2.75) is 65.0 Å². The zero-order valence-corrected chi connectivity index (χ0v) is 14.2. The highest BCUT2D eigenvalue weighted by Gasteiger charge is 2.27. The maximum Gasteiger partial charge on any atom is 0.271 e. The molecule has 1 heterocycles. The molecule has 0 aromatic carbocycles. The van der Waals surface area contributed by atoms with E-state index in [1.165, 1.54) is 0 Å². The highest BCUT2D eigenvalue weighted by atomic mass is 16.3. The second kappa shape index (κ2) is 7.27. The molecule has 2 atom stereocenters. The monoisotopic (exact) mass is 307 g/mol. The first-order chi connectivity index (χ1) is 10.4.